The van der Waals surface area contributed by atoms with Crippen LogP contribution in [0.2, 0.25) is 0 Å². The van der Waals surface area contributed by atoms with Gasteiger partial charge in [0.15, 0.2) is 0 Å². The highest BCUT2D eigenvalue weighted by Gasteiger charge is 2.26. The summed E-state index contributed by atoms with van der Waals surface area (Å²) in [6.45, 7) is 0. The molecule has 0 aliphatic heterocycles. The fourth-order valence-corrected chi connectivity index (χ4v) is 18.6. The Kier molecular flexibility index (Phi) is 14.9. The van der Waals surface area contributed by atoms with E-state index in [1.54, 1.807) is 0 Å². The van der Waals surface area contributed by atoms with E-state index in [-0.39, 0.29) is 0 Å². The summed E-state index contributed by atoms with van der Waals surface area (Å²) in [6, 6.07) is 155. The van der Waals surface area contributed by atoms with Crippen molar-refractivity contribution in [3.8, 4) is 78.6 Å². The van der Waals surface area contributed by atoms with Crippen LogP contribution in [0.5, 0.6) is 0 Å². The number of fused-ring (bicyclic) bond motifs is 20. The average molecular weight is 1450 g/mol. The Labute approximate surface area is 657 Å². The average Bonchev–Trinajstić information content (AvgIpc) is 1.55. The van der Waals surface area contributed by atoms with Gasteiger partial charge in [0.2, 0.25) is 0 Å². The molecule has 6 heteroatoms. The van der Waals surface area contributed by atoms with Gasteiger partial charge >= 0.3 is 0 Å². The number of benzene rings is 18. The molecule has 0 saturated heterocycles. The molecule has 0 aliphatic carbocycles. The SMILES string of the molecule is c1ccc(-c2ccc(-n3c4ccccc4c4cc(-c5ccc6c(c5)c5ccc7c(c8ccccc8n7-c7ccccc7)c5n6-c5ccccc5)ccc43)cc2)cc1.c1ccc(-c2ccc(-n3c4ccccc4c4cc(-c5ccc6c(c5)c5ccc7c8ccccc8n(-c8ccccc8)c7c5n6-c5ccccc5)ccc43)cc2)cc1. The van der Waals surface area contributed by atoms with E-state index in [0.29, 0.717) is 0 Å². The van der Waals surface area contributed by atoms with Gasteiger partial charge < -0.3 is 27.4 Å². The Bertz CT molecular complexity index is 7890. The van der Waals surface area contributed by atoms with E-state index in [1.807, 2.05) is 0 Å². The van der Waals surface area contributed by atoms with Crippen LogP contribution in [0.1, 0.15) is 0 Å². The van der Waals surface area contributed by atoms with Crippen molar-refractivity contribution in [2.75, 3.05) is 0 Å². The van der Waals surface area contributed by atoms with Crippen LogP contribution < -0.4 is 0 Å². The minimum Gasteiger partial charge on any atom is -0.309 e. The molecule has 532 valence electrons. The first-order valence-electron chi connectivity index (χ1n) is 39.2. The highest BCUT2D eigenvalue weighted by atomic mass is 15.1. The van der Waals surface area contributed by atoms with Gasteiger partial charge in [0.05, 0.1) is 66.2 Å². The Morgan fingerprint density at radius 1 is 0.114 bits per heavy atom. The Balaban J connectivity index is 0.000000135. The van der Waals surface area contributed by atoms with Gasteiger partial charge in [-0.15, -0.1) is 0 Å². The maximum Gasteiger partial charge on any atom is 0.0788 e. The molecule has 0 radical (unpaired) electrons. The van der Waals surface area contributed by atoms with Gasteiger partial charge in [-0.1, -0.05) is 273 Å². The molecular formula is C108H70N6. The summed E-state index contributed by atoms with van der Waals surface area (Å²) in [5.74, 6) is 0. The van der Waals surface area contributed by atoms with E-state index in [2.05, 4.69) is 452 Å². The quantitative estimate of drug-likeness (QED) is 0.131. The molecule has 24 aromatic rings. The van der Waals surface area contributed by atoms with E-state index >= 15 is 0 Å². The normalized spacial score (nSPS) is 11.9. The van der Waals surface area contributed by atoms with Gasteiger partial charge in [-0.05, 0) is 196 Å². The van der Waals surface area contributed by atoms with Crippen molar-refractivity contribution in [1.82, 2.24) is 27.4 Å². The van der Waals surface area contributed by atoms with Crippen LogP contribution in [0.25, 0.3) is 209 Å². The molecule has 0 N–H and O–H groups in total. The van der Waals surface area contributed by atoms with Crippen molar-refractivity contribution in [1.29, 1.82) is 0 Å². The summed E-state index contributed by atoms with van der Waals surface area (Å²) in [5.41, 5.74) is 31.1. The van der Waals surface area contributed by atoms with E-state index in [0.717, 1.165) is 34.1 Å². The van der Waals surface area contributed by atoms with Crippen LogP contribution in [0, 0.1) is 0 Å². The number of rotatable bonds is 10. The van der Waals surface area contributed by atoms with E-state index in [9.17, 15) is 0 Å². The predicted molar refractivity (Wildman–Crippen MR) is 481 cm³/mol. The summed E-state index contributed by atoms with van der Waals surface area (Å²) in [6.07, 6.45) is 0. The maximum atomic E-state index is 2.47. The molecule has 0 bridgehead atoms. The van der Waals surface area contributed by atoms with Gasteiger partial charge in [-0.2, -0.15) is 0 Å². The molecule has 6 aromatic heterocycles. The summed E-state index contributed by atoms with van der Waals surface area (Å²) < 4.78 is 14.6. The fourth-order valence-electron chi connectivity index (χ4n) is 18.6. The van der Waals surface area contributed by atoms with Crippen LogP contribution in [0.3, 0.4) is 0 Å². The van der Waals surface area contributed by atoms with Crippen LogP contribution in [0.15, 0.2) is 425 Å². The van der Waals surface area contributed by atoms with E-state index < -0.39 is 0 Å². The lowest BCUT2D eigenvalue weighted by Gasteiger charge is -2.12. The molecule has 6 heterocycles. The maximum absolute atomic E-state index is 2.47. The number of nitrogens with zero attached hydrogens (tertiary/aromatic N) is 6. The third kappa shape index (κ3) is 10.2. The first kappa shape index (κ1) is 64.7. The second-order valence-electron chi connectivity index (χ2n) is 29.9. The van der Waals surface area contributed by atoms with Crippen LogP contribution >= 0.6 is 0 Å². The highest BCUT2D eigenvalue weighted by molar-refractivity contribution is 6.28. The molecule has 0 aliphatic rings. The monoisotopic (exact) mass is 1450 g/mol. The number of hydrogen-bond donors (Lipinski definition) is 0. The summed E-state index contributed by atoms with van der Waals surface area (Å²) in [4.78, 5) is 0. The van der Waals surface area contributed by atoms with Crippen molar-refractivity contribution in [3.63, 3.8) is 0 Å². The number of aromatic nitrogens is 6. The molecule has 0 unspecified atom stereocenters. The smallest absolute Gasteiger partial charge is 0.0788 e. The first-order valence-corrected chi connectivity index (χ1v) is 39.2. The third-order valence-corrected chi connectivity index (χ3v) is 23.7. The van der Waals surface area contributed by atoms with Crippen molar-refractivity contribution < 1.29 is 0 Å². The fraction of sp³-hybridized carbons (Fsp3) is 0. The lowest BCUT2D eigenvalue weighted by atomic mass is 10.00. The Morgan fingerprint density at radius 2 is 0.333 bits per heavy atom. The second-order valence-corrected chi connectivity index (χ2v) is 29.9. The van der Waals surface area contributed by atoms with E-state index in [1.165, 1.54) is 175 Å². The Morgan fingerprint density at radius 3 is 0.728 bits per heavy atom. The minimum absolute atomic E-state index is 1.15. The molecule has 0 spiro atoms. The van der Waals surface area contributed by atoms with Crippen LogP contribution in [-0.2, 0) is 0 Å². The highest BCUT2D eigenvalue weighted by Crippen LogP contribution is 2.47. The first-order chi connectivity index (χ1) is 56.6. The predicted octanol–water partition coefficient (Wildman–Crippen LogP) is 28.6. The van der Waals surface area contributed by atoms with Crippen molar-refractivity contribution in [2.24, 2.45) is 0 Å². The van der Waals surface area contributed by atoms with Crippen molar-refractivity contribution >= 4 is 131 Å². The molecular weight excluding hydrogens is 1380 g/mol. The van der Waals surface area contributed by atoms with Gasteiger partial charge in [0.1, 0.15) is 0 Å². The minimum atomic E-state index is 1.15. The van der Waals surface area contributed by atoms with Gasteiger partial charge in [-0.3, -0.25) is 0 Å². The van der Waals surface area contributed by atoms with Crippen LogP contribution in [0.4, 0.5) is 0 Å². The van der Waals surface area contributed by atoms with Gasteiger partial charge in [0, 0.05) is 98.8 Å². The second kappa shape index (κ2) is 26.2. The number of para-hydroxylation sites is 8. The van der Waals surface area contributed by atoms with Crippen molar-refractivity contribution in [3.05, 3.63) is 425 Å². The zero-order valence-corrected chi connectivity index (χ0v) is 62.1. The molecule has 6 nitrogen and oxygen atoms in total. The van der Waals surface area contributed by atoms with Gasteiger partial charge in [-0.25, -0.2) is 0 Å². The molecule has 0 atom stereocenters. The molecule has 0 saturated carbocycles. The largest absolute Gasteiger partial charge is 0.309 e. The van der Waals surface area contributed by atoms with E-state index in [4.69, 9.17) is 0 Å². The van der Waals surface area contributed by atoms with Crippen LogP contribution in [-0.4, -0.2) is 27.4 Å². The van der Waals surface area contributed by atoms with Crippen molar-refractivity contribution in [2.45, 2.75) is 0 Å². The zero-order valence-electron chi connectivity index (χ0n) is 62.1. The summed E-state index contributed by atoms with van der Waals surface area (Å²) >= 11 is 0. The topological polar surface area (TPSA) is 29.6 Å². The molecule has 0 amide bonds. The number of hydrogen-bond acceptors (Lipinski definition) is 0. The summed E-state index contributed by atoms with van der Waals surface area (Å²) in [7, 11) is 0. The lowest BCUT2D eigenvalue weighted by Crippen LogP contribution is -1.98. The third-order valence-electron chi connectivity index (χ3n) is 23.7. The zero-order chi connectivity index (χ0) is 74.9. The van der Waals surface area contributed by atoms with Gasteiger partial charge in [0.25, 0.3) is 0 Å². The lowest BCUT2D eigenvalue weighted by molar-refractivity contribution is 1.15. The molecule has 114 heavy (non-hydrogen) atoms. The molecule has 0 fully saturated rings. The molecule has 18 aromatic carbocycles. The Hall–Kier alpha value is -15.2. The summed E-state index contributed by atoms with van der Waals surface area (Å²) in [5, 5.41) is 15.0. The molecule has 24 rings (SSSR count). The standard InChI is InChI=1S/2C54H35N3/c1-4-14-36(15-5-1)37-24-28-42(29-25-37)55-49-22-12-11-21-44(49)47-34-38(26-32-51(47)55)39-27-33-52-48(35-39)46-31-30-45-43-20-10-13-23-50(43)56(40-16-6-2-7-17-40)53(45)54(46)57(52)41-18-8-3-9-19-41;1-4-14-36(15-5-1)37-24-28-42(29-25-37)55-48-22-12-10-20-43(48)46-34-38(26-31-50(46)55)39-27-32-51-47(35-39)44-30-33-52-53(54(44)57(51)41-18-8-3-9-19-41)45-21-11-13-23-49(45)56(52)40-16-6-2-7-17-40/h2*1-35H.